The molecule has 0 saturated carbocycles. The lowest BCUT2D eigenvalue weighted by Crippen LogP contribution is -2.29. The number of nitrogens with one attached hydrogen (secondary N) is 1. The Labute approximate surface area is 109 Å². The highest BCUT2D eigenvalue weighted by molar-refractivity contribution is 5.93. The Kier molecular flexibility index (Phi) is 6.05. The number of hydrazone groups is 1. The fourth-order valence-corrected chi connectivity index (χ4v) is 1.74. The summed E-state index contributed by atoms with van der Waals surface area (Å²) >= 11 is 0. The van der Waals surface area contributed by atoms with Gasteiger partial charge in [-0.3, -0.25) is 4.79 Å². The number of nitrogens with zero attached hydrogens (tertiary/aromatic N) is 2. The Bertz CT molecular complexity index is 415. The Morgan fingerprint density at radius 3 is 2.94 bits per heavy atom. The van der Waals surface area contributed by atoms with Crippen LogP contribution in [0.5, 0.6) is 0 Å². The van der Waals surface area contributed by atoms with E-state index in [1.54, 1.807) is 12.3 Å². The van der Waals surface area contributed by atoms with E-state index in [9.17, 15) is 4.79 Å². The minimum absolute atomic E-state index is 0.172. The first-order chi connectivity index (χ1) is 8.67. The van der Waals surface area contributed by atoms with E-state index in [0.717, 1.165) is 19.3 Å². The standard InChI is InChI=1S/C14H21N3O/c1-4-7-12(5-2)10-15-16-14(18)13-8-6-9-17(3)11-13/h6,8-12H,4-5,7H2,1-3H3/p+1. The number of aromatic nitrogens is 1. The molecule has 0 aromatic carbocycles. The van der Waals surface area contributed by atoms with E-state index >= 15 is 0 Å². The second-order valence-electron chi connectivity index (χ2n) is 4.43. The van der Waals surface area contributed by atoms with Crippen LogP contribution in [0.1, 0.15) is 43.5 Å². The topological polar surface area (TPSA) is 45.3 Å². The van der Waals surface area contributed by atoms with Crippen LogP contribution in [0.15, 0.2) is 29.6 Å². The average molecular weight is 248 g/mol. The van der Waals surface area contributed by atoms with E-state index in [4.69, 9.17) is 0 Å². The maximum atomic E-state index is 11.8. The van der Waals surface area contributed by atoms with Gasteiger partial charge in [0, 0.05) is 12.3 Å². The fraction of sp³-hybridized carbons (Fsp3) is 0.500. The predicted octanol–water partition coefficient (Wildman–Crippen LogP) is 2.05. The van der Waals surface area contributed by atoms with Gasteiger partial charge in [0.1, 0.15) is 12.6 Å². The molecular formula is C14H22N3O+. The van der Waals surface area contributed by atoms with Crippen molar-refractivity contribution in [3.63, 3.8) is 0 Å². The van der Waals surface area contributed by atoms with E-state index < -0.39 is 0 Å². The molecule has 18 heavy (non-hydrogen) atoms. The summed E-state index contributed by atoms with van der Waals surface area (Å²) in [5.74, 6) is 0.274. The first-order valence-corrected chi connectivity index (χ1v) is 6.46. The average Bonchev–Trinajstić information content (AvgIpc) is 2.37. The summed E-state index contributed by atoms with van der Waals surface area (Å²) < 4.78 is 1.84. The van der Waals surface area contributed by atoms with E-state index in [-0.39, 0.29) is 5.91 Å². The lowest BCUT2D eigenvalue weighted by atomic mass is 10.0. The van der Waals surface area contributed by atoms with E-state index in [2.05, 4.69) is 24.4 Å². The zero-order chi connectivity index (χ0) is 13.4. The monoisotopic (exact) mass is 248 g/mol. The molecule has 1 unspecified atom stereocenters. The van der Waals surface area contributed by atoms with Crippen molar-refractivity contribution in [1.82, 2.24) is 5.43 Å². The first kappa shape index (κ1) is 14.4. The van der Waals surface area contributed by atoms with Crippen molar-refractivity contribution in [3.8, 4) is 0 Å². The fourth-order valence-electron chi connectivity index (χ4n) is 1.74. The van der Waals surface area contributed by atoms with Gasteiger partial charge >= 0.3 is 0 Å². The van der Waals surface area contributed by atoms with Crippen LogP contribution >= 0.6 is 0 Å². The molecule has 0 spiro atoms. The SMILES string of the molecule is CCCC(C=NNC(=O)c1ccc[n+](C)c1)CC. The van der Waals surface area contributed by atoms with Crippen molar-refractivity contribution < 1.29 is 9.36 Å². The molecule has 1 N–H and O–H groups in total. The van der Waals surface area contributed by atoms with Crippen LogP contribution in [0.2, 0.25) is 0 Å². The largest absolute Gasteiger partial charge is 0.277 e. The molecule has 0 bridgehead atoms. The molecule has 1 aromatic rings. The van der Waals surface area contributed by atoms with Gasteiger partial charge in [-0.2, -0.15) is 5.10 Å². The quantitative estimate of drug-likeness (QED) is 0.467. The van der Waals surface area contributed by atoms with Gasteiger partial charge in [-0.1, -0.05) is 20.3 Å². The van der Waals surface area contributed by atoms with Gasteiger partial charge in [0.05, 0.1) is 0 Å². The maximum Gasteiger partial charge on any atom is 0.277 e. The zero-order valence-corrected chi connectivity index (χ0v) is 11.4. The van der Waals surface area contributed by atoms with Crippen LogP contribution < -0.4 is 9.99 Å². The highest BCUT2D eigenvalue weighted by atomic mass is 16.2. The van der Waals surface area contributed by atoms with Crippen LogP contribution in [0.3, 0.4) is 0 Å². The molecule has 0 aliphatic rings. The summed E-state index contributed by atoms with van der Waals surface area (Å²) in [5, 5.41) is 4.03. The molecule has 4 heteroatoms. The molecule has 4 nitrogen and oxygen atoms in total. The molecule has 1 rings (SSSR count). The molecule has 1 heterocycles. The number of amides is 1. The predicted molar refractivity (Wildman–Crippen MR) is 72.3 cm³/mol. The third kappa shape index (κ3) is 4.65. The van der Waals surface area contributed by atoms with Gasteiger partial charge in [-0.15, -0.1) is 0 Å². The minimum atomic E-state index is -0.172. The van der Waals surface area contributed by atoms with E-state index in [1.165, 1.54) is 0 Å². The Hall–Kier alpha value is -1.71. The number of carbonyl (C=O) groups is 1. The van der Waals surface area contributed by atoms with Gasteiger partial charge in [-0.25, -0.2) is 9.99 Å². The van der Waals surface area contributed by atoms with E-state index in [0.29, 0.717) is 11.5 Å². The second-order valence-corrected chi connectivity index (χ2v) is 4.43. The van der Waals surface area contributed by atoms with Crippen molar-refractivity contribution in [1.29, 1.82) is 0 Å². The van der Waals surface area contributed by atoms with Gasteiger partial charge < -0.3 is 0 Å². The van der Waals surface area contributed by atoms with Gasteiger partial charge in [0.15, 0.2) is 12.4 Å². The maximum absolute atomic E-state index is 11.8. The summed E-state index contributed by atoms with van der Waals surface area (Å²) in [4.78, 5) is 11.8. The molecule has 0 radical (unpaired) electrons. The first-order valence-electron chi connectivity index (χ1n) is 6.46. The van der Waals surface area contributed by atoms with E-state index in [1.807, 2.05) is 30.1 Å². The number of pyridine rings is 1. The highest BCUT2D eigenvalue weighted by Gasteiger charge is 2.07. The number of hydrogen-bond acceptors (Lipinski definition) is 2. The molecular weight excluding hydrogens is 226 g/mol. The summed E-state index contributed by atoms with van der Waals surface area (Å²) in [6.07, 6.45) is 8.78. The number of hydrogen-bond donors (Lipinski definition) is 1. The van der Waals surface area contributed by atoms with Crippen LogP contribution in [-0.2, 0) is 7.05 Å². The molecule has 0 aliphatic carbocycles. The molecule has 0 aliphatic heterocycles. The minimum Gasteiger partial charge on any atom is -0.267 e. The third-order valence-corrected chi connectivity index (χ3v) is 2.84. The summed E-state index contributed by atoms with van der Waals surface area (Å²) in [6, 6.07) is 3.61. The zero-order valence-electron chi connectivity index (χ0n) is 11.4. The lowest BCUT2D eigenvalue weighted by Gasteiger charge is -2.06. The lowest BCUT2D eigenvalue weighted by molar-refractivity contribution is -0.671. The normalized spacial score (nSPS) is 12.6. The summed E-state index contributed by atoms with van der Waals surface area (Å²) in [6.45, 7) is 4.28. The van der Waals surface area contributed by atoms with Crippen molar-refractivity contribution in [2.45, 2.75) is 33.1 Å². The number of rotatable bonds is 6. The summed E-state index contributed by atoms with van der Waals surface area (Å²) in [7, 11) is 1.88. The second kappa shape index (κ2) is 7.58. The molecule has 1 atom stereocenters. The molecule has 98 valence electrons. The van der Waals surface area contributed by atoms with Crippen LogP contribution in [0.4, 0.5) is 0 Å². The van der Waals surface area contributed by atoms with Gasteiger partial charge in [0.25, 0.3) is 5.91 Å². The van der Waals surface area contributed by atoms with Crippen molar-refractivity contribution >= 4 is 12.1 Å². The molecule has 1 aromatic heterocycles. The van der Waals surface area contributed by atoms with Crippen LogP contribution in [-0.4, -0.2) is 12.1 Å². The van der Waals surface area contributed by atoms with Crippen molar-refractivity contribution in [2.75, 3.05) is 0 Å². The summed E-state index contributed by atoms with van der Waals surface area (Å²) in [5.41, 5.74) is 3.18. The Morgan fingerprint density at radius 2 is 2.33 bits per heavy atom. The van der Waals surface area contributed by atoms with Gasteiger partial charge in [0.2, 0.25) is 0 Å². The Morgan fingerprint density at radius 1 is 1.56 bits per heavy atom. The third-order valence-electron chi connectivity index (χ3n) is 2.84. The van der Waals surface area contributed by atoms with Crippen LogP contribution in [0.25, 0.3) is 0 Å². The molecule has 1 amide bonds. The molecule has 0 fully saturated rings. The number of aryl methyl sites for hydroxylation is 1. The van der Waals surface area contributed by atoms with Crippen molar-refractivity contribution in [2.24, 2.45) is 18.1 Å². The number of carbonyl (C=O) groups excluding carboxylic acids is 1. The highest BCUT2D eigenvalue weighted by Crippen LogP contribution is 2.07. The smallest absolute Gasteiger partial charge is 0.267 e. The van der Waals surface area contributed by atoms with Crippen molar-refractivity contribution in [3.05, 3.63) is 30.1 Å². The van der Waals surface area contributed by atoms with Crippen LogP contribution in [0, 0.1) is 5.92 Å². The van der Waals surface area contributed by atoms with Gasteiger partial charge in [-0.05, 0) is 24.8 Å². The Balaban J connectivity index is 2.53. The molecule has 0 saturated heterocycles.